The zero-order valence-electron chi connectivity index (χ0n) is 19.5. The van der Waals surface area contributed by atoms with Crippen molar-refractivity contribution in [3.8, 4) is 0 Å². The van der Waals surface area contributed by atoms with E-state index in [1.54, 1.807) is 0 Å². The van der Waals surface area contributed by atoms with E-state index in [0.717, 1.165) is 70.9 Å². The Morgan fingerprint density at radius 3 is 2.71 bits per heavy atom. The van der Waals surface area contributed by atoms with Crippen LogP contribution in [0.15, 0.2) is 35.3 Å². The van der Waals surface area contributed by atoms with Crippen LogP contribution < -0.4 is 5.32 Å². The molecule has 3 saturated heterocycles. The fourth-order valence-corrected chi connectivity index (χ4v) is 5.60. The minimum absolute atomic E-state index is 0.600. The highest BCUT2D eigenvalue weighted by Crippen LogP contribution is 2.31. The van der Waals surface area contributed by atoms with Crippen LogP contribution in [0.25, 0.3) is 0 Å². The molecule has 3 aliphatic rings. The molecule has 31 heavy (non-hydrogen) atoms. The number of rotatable bonds is 6. The Balaban J connectivity index is 1.26. The summed E-state index contributed by atoms with van der Waals surface area (Å²) in [6, 6.07) is 11.7. The van der Waals surface area contributed by atoms with Crippen molar-refractivity contribution in [3.63, 3.8) is 0 Å². The van der Waals surface area contributed by atoms with Gasteiger partial charge in [-0.05, 0) is 43.2 Å². The average molecular weight is 428 g/mol. The highest BCUT2D eigenvalue weighted by molar-refractivity contribution is 5.80. The molecule has 3 aliphatic heterocycles. The molecule has 3 heterocycles. The van der Waals surface area contributed by atoms with E-state index in [0.29, 0.717) is 12.0 Å². The standard InChI is InChI=1S/C25H41N5O/c1-21(18-28-13-15-31-16-14-28)17-27-25(26-2)30-12-10-24-23(20-30)9-6-11-29(24)19-22-7-4-3-5-8-22/h3-5,7-8,21,23-24H,6,9-20H2,1-2H3,(H,26,27). The Bertz CT molecular complexity index is 690. The van der Waals surface area contributed by atoms with E-state index in [4.69, 9.17) is 4.74 Å². The van der Waals surface area contributed by atoms with Crippen LogP contribution in [-0.4, -0.2) is 92.8 Å². The molecule has 0 bridgehead atoms. The molecule has 3 atom stereocenters. The van der Waals surface area contributed by atoms with Crippen LogP contribution in [0.4, 0.5) is 0 Å². The van der Waals surface area contributed by atoms with Gasteiger partial charge in [-0.3, -0.25) is 14.8 Å². The van der Waals surface area contributed by atoms with Gasteiger partial charge in [-0.1, -0.05) is 37.3 Å². The van der Waals surface area contributed by atoms with Crippen molar-refractivity contribution in [1.82, 2.24) is 20.0 Å². The maximum Gasteiger partial charge on any atom is 0.193 e. The smallest absolute Gasteiger partial charge is 0.193 e. The van der Waals surface area contributed by atoms with Gasteiger partial charge < -0.3 is 15.0 Å². The molecule has 0 aliphatic carbocycles. The van der Waals surface area contributed by atoms with Gasteiger partial charge in [0.25, 0.3) is 0 Å². The molecular formula is C25H41N5O. The fraction of sp³-hybridized carbons (Fsp3) is 0.720. The SMILES string of the molecule is CN=C(NCC(C)CN1CCOCC1)N1CCC2C(CCCN2Cc2ccccc2)C1. The lowest BCUT2D eigenvalue weighted by molar-refractivity contribution is 0.0315. The highest BCUT2D eigenvalue weighted by atomic mass is 16.5. The van der Waals surface area contributed by atoms with Gasteiger partial charge in [-0.25, -0.2) is 0 Å². The number of benzene rings is 1. The Morgan fingerprint density at radius 2 is 1.94 bits per heavy atom. The van der Waals surface area contributed by atoms with Crippen molar-refractivity contribution < 1.29 is 4.74 Å². The number of likely N-dealkylation sites (tertiary alicyclic amines) is 2. The van der Waals surface area contributed by atoms with Crippen molar-refractivity contribution in [3.05, 3.63) is 35.9 Å². The molecule has 4 rings (SSSR count). The topological polar surface area (TPSA) is 43.3 Å². The first kappa shape index (κ1) is 22.6. The maximum absolute atomic E-state index is 5.47. The number of guanidine groups is 1. The van der Waals surface area contributed by atoms with E-state index < -0.39 is 0 Å². The maximum atomic E-state index is 5.47. The molecule has 0 amide bonds. The second-order valence-electron chi connectivity index (χ2n) is 9.61. The Hall–Kier alpha value is -1.63. The number of morpholine rings is 1. The summed E-state index contributed by atoms with van der Waals surface area (Å²) in [5.41, 5.74) is 1.44. The van der Waals surface area contributed by atoms with Crippen molar-refractivity contribution in [2.24, 2.45) is 16.8 Å². The van der Waals surface area contributed by atoms with Crippen LogP contribution in [0.5, 0.6) is 0 Å². The number of ether oxygens (including phenoxy) is 1. The molecule has 0 saturated carbocycles. The minimum Gasteiger partial charge on any atom is -0.379 e. The van der Waals surface area contributed by atoms with Crippen molar-refractivity contribution in [2.45, 2.75) is 38.8 Å². The number of nitrogens with zero attached hydrogens (tertiary/aromatic N) is 4. The number of fused-ring (bicyclic) bond motifs is 1. The van der Waals surface area contributed by atoms with Crippen LogP contribution in [0.3, 0.4) is 0 Å². The van der Waals surface area contributed by atoms with Gasteiger partial charge in [-0.15, -0.1) is 0 Å². The fourth-order valence-electron chi connectivity index (χ4n) is 5.60. The number of nitrogens with one attached hydrogen (secondary N) is 1. The number of aliphatic imine (C=N–C) groups is 1. The molecule has 3 fully saturated rings. The molecular weight excluding hydrogens is 386 g/mol. The van der Waals surface area contributed by atoms with Crippen molar-refractivity contribution in [1.29, 1.82) is 0 Å². The van der Waals surface area contributed by atoms with Gasteiger partial charge in [0.1, 0.15) is 0 Å². The normalized spacial score (nSPS) is 27.0. The molecule has 3 unspecified atom stereocenters. The molecule has 0 radical (unpaired) electrons. The first-order valence-electron chi connectivity index (χ1n) is 12.3. The summed E-state index contributed by atoms with van der Waals surface area (Å²) in [7, 11) is 1.93. The van der Waals surface area contributed by atoms with Gasteiger partial charge in [0.05, 0.1) is 13.2 Å². The summed E-state index contributed by atoms with van der Waals surface area (Å²) in [4.78, 5) is 12.4. The summed E-state index contributed by atoms with van der Waals surface area (Å²) in [6.07, 6.45) is 3.89. The van der Waals surface area contributed by atoms with Crippen LogP contribution in [0.1, 0.15) is 31.7 Å². The van der Waals surface area contributed by atoms with Gasteiger partial charge in [0, 0.05) is 58.9 Å². The molecule has 172 valence electrons. The third-order valence-corrected chi connectivity index (χ3v) is 7.21. The van der Waals surface area contributed by atoms with Gasteiger partial charge >= 0.3 is 0 Å². The van der Waals surface area contributed by atoms with Gasteiger partial charge in [0.2, 0.25) is 0 Å². The molecule has 6 nitrogen and oxygen atoms in total. The van der Waals surface area contributed by atoms with Gasteiger partial charge in [-0.2, -0.15) is 0 Å². The Kier molecular flexibility index (Phi) is 8.22. The molecule has 0 spiro atoms. The summed E-state index contributed by atoms with van der Waals surface area (Å²) < 4.78 is 5.47. The summed E-state index contributed by atoms with van der Waals surface area (Å²) in [5.74, 6) is 2.44. The zero-order valence-corrected chi connectivity index (χ0v) is 19.5. The van der Waals surface area contributed by atoms with E-state index in [1.165, 1.54) is 31.4 Å². The van der Waals surface area contributed by atoms with Crippen LogP contribution in [0, 0.1) is 11.8 Å². The summed E-state index contributed by atoms with van der Waals surface area (Å²) in [6.45, 7) is 12.9. The molecule has 1 N–H and O–H groups in total. The van der Waals surface area contributed by atoms with E-state index in [1.807, 2.05) is 7.05 Å². The predicted molar refractivity (Wildman–Crippen MR) is 127 cm³/mol. The lowest BCUT2D eigenvalue weighted by Crippen LogP contribution is -2.57. The average Bonchev–Trinajstić information content (AvgIpc) is 2.81. The monoisotopic (exact) mass is 427 g/mol. The van der Waals surface area contributed by atoms with E-state index in [9.17, 15) is 0 Å². The van der Waals surface area contributed by atoms with Crippen molar-refractivity contribution in [2.75, 3.05) is 66.1 Å². The molecule has 6 heteroatoms. The third kappa shape index (κ3) is 6.21. The van der Waals surface area contributed by atoms with Crippen LogP contribution in [0.2, 0.25) is 0 Å². The Morgan fingerprint density at radius 1 is 1.13 bits per heavy atom. The summed E-state index contributed by atoms with van der Waals surface area (Å²) in [5, 5.41) is 3.68. The zero-order chi connectivity index (χ0) is 21.5. The second kappa shape index (κ2) is 11.3. The first-order valence-corrected chi connectivity index (χ1v) is 12.3. The number of hydrogen-bond donors (Lipinski definition) is 1. The molecule has 1 aromatic carbocycles. The largest absolute Gasteiger partial charge is 0.379 e. The first-order chi connectivity index (χ1) is 15.2. The number of hydrogen-bond acceptors (Lipinski definition) is 4. The quantitative estimate of drug-likeness (QED) is 0.558. The third-order valence-electron chi connectivity index (χ3n) is 7.21. The van der Waals surface area contributed by atoms with Gasteiger partial charge in [0.15, 0.2) is 5.96 Å². The van der Waals surface area contributed by atoms with E-state index in [2.05, 4.69) is 62.3 Å². The minimum atomic E-state index is 0.600. The predicted octanol–water partition coefficient (Wildman–Crippen LogP) is 2.52. The van der Waals surface area contributed by atoms with E-state index >= 15 is 0 Å². The highest BCUT2D eigenvalue weighted by Gasteiger charge is 2.36. The summed E-state index contributed by atoms with van der Waals surface area (Å²) >= 11 is 0. The van der Waals surface area contributed by atoms with Crippen LogP contribution in [-0.2, 0) is 11.3 Å². The lowest BCUT2D eigenvalue weighted by atomic mass is 9.83. The van der Waals surface area contributed by atoms with E-state index in [-0.39, 0.29) is 0 Å². The Labute approximate surface area is 188 Å². The second-order valence-corrected chi connectivity index (χ2v) is 9.61. The van der Waals surface area contributed by atoms with Crippen LogP contribution >= 0.6 is 0 Å². The lowest BCUT2D eigenvalue weighted by Gasteiger charge is -2.48. The molecule has 1 aromatic rings. The van der Waals surface area contributed by atoms with Crippen molar-refractivity contribution >= 4 is 5.96 Å². The molecule has 0 aromatic heterocycles. The number of piperidine rings is 2.